The molecule has 1 N–H and O–H groups in total. The Labute approximate surface area is 80.1 Å². The number of alkyl halides is 1. The van der Waals surface area contributed by atoms with E-state index in [1.165, 1.54) is 0 Å². The van der Waals surface area contributed by atoms with E-state index in [0.29, 0.717) is 31.8 Å². The van der Waals surface area contributed by atoms with Gasteiger partial charge in [-0.2, -0.15) is 0 Å². The lowest BCUT2D eigenvalue weighted by Crippen LogP contribution is -2.46. The van der Waals surface area contributed by atoms with Crippen LogP contribution in [0.3, 0.4) is 0 Å². The first-order valence-electron chi connectivity index (χ1n) is 5.02. The first-order chi connectivity index (χ1) is 6.16. The van der Waals surface area contributed by atoms with Crippen LogP contribution in [0.4, 0.5) is 4.39 Å². The van der Waals surface area contributed by atoms with Crippen molar-refractivity contribution in [1.29, 1.82) is 0 Å². The molecule has 0 aromatic heterocycles. The summed E-state index contributed by atoms with van der Waals surface area (Å²) in [6.07, 6.45) is 8.86. The Morgan fingerprint density at radius 2 is 2.46 bits per heavy atom. The molecule has 0 aromatic carbocycles. The minimum atomic E-state index is -0.997. The largest absolute Gasteiger partial charge is 0.311 e. The third-order valence-electron chi connectivity index (χ3n) is 2.74. The molecule has 0 radical (unpaired) electrons. The van der Waals surface area contributed by atoms with E-state index in [1.807, 2.05) is 0 Å². The SMILES string of the molecule is C#CCCCC1(F)CCC(C)NC1. The van der Waals surface area contributed by atoms with Gasteiger partial charge >= 0.3 is 0 Å². The Balaban J connectivity index is 2.27. The second-order valence-electron chi connectivity index (χ2n) is 4.03. The van der Waals surface area contributed by atoms with Crippen LogP contribution >= 0.6 is 0 Å². The standard InChI is InChI=1S/C11H18FN/c1-3-4-5-7-11(12)8-6-10(2)13-9-11/h1,10,13H,4-9H2,2H3. The predicted octanol–water partition coefficient (Wildman–Crippen LogP) is 2.27. The van der Waals surface area contributed by atoms with Crippen molar-refractivity contribution in [2.45, 2.75) is 50.7 Å². The van der Waals surface area contributed by atoms with Gasteiger partial charge in [0.25, 0.3) is 0 Å². The fraction of sp³-hybridized carbons (Fsp3) is 0.818. The average molecular weight is 183 g/mol. The van der Waals surface area contributed by atoms with Crippen LogP contribution in [0.1, 0.15) is 39.0 Å². The highest BCUT2D eigenvalue weighted by Crippen LogP contribution is 2.28. The second-order valence-corrected chi connectivity index (χ2v) is 4.03. The first-order valence-corrected chi connectivity index (χ1v) is 5.02. The van der Waals surface area contributed by atoms with Crippen LogP contribution in [-0.4, -0.2) is 18.3 Å². The summed E-state index contributed by atoms with van der Waals surface area (Å²) >= 11 is 0. The maximum Gasteiger partial charge on any atom is 0.123 e. The Kier molecular flexibility index (Phi) is 3.74. The summed E-state index contributed by atoms with van der Waals surface area (Å²) in [5.74, 6) is 2.55. The van der Waals surface area contributed by atoms with Gasteiger partial charge in [0.15, 0.2) is 0 Å². The van der Waals surface area contributed by atoms with Crippen LogP contribution in [-0.2, 0) is 0 Å². The molecule has 0 bridgehead atoms. The van der Waals surface area contributed by atoms with Crippen LogP contribution in [0, 0.1) is 12.3 Å². The van der Waals surface area contributed by atoms with Crippen molar-refractivity contribution in [3.63, 3.8) is 0 Å². The molecule has 1 nitrogen and oxygen atoms in total. The van der Waals surface area contributed by atoms with E-state index in [4.69, 9.17) is 6.42 Å². The van der Waals surface area contributed by atoms with E-state index in [-0.39, 0.29) is 0 Å². The van der Waals surface area contributed by atoms with E-state index < -0.39 is 5.67 Å². The third kappa shape index (κ3) is 3.36. The summed E-state index contributed by atoms with van der Waals surface area (Å²) in [4.78, 5) is 0. The van der Waals surface area contributed by atoms with E-state index in [0.717, 1.165) is 12.8 Å². The van der Waals surface area contributed by atoms with Gasteiger partial charge in [-0.05, 0) is 32.6 Å². The highest BCUT2D eigenvalue weighted by Gasteiger charge is 2.32. The Morgan fingerprint density at radius 1 is 1.69 bits per heavy atom. The van der Waals surface area contributed by atoms with E-state index in [1.54, 1.807) is 0 Å². The van der Waals surface area contributed by atoms with Gasteiger partial charge in [-0.25, -0.2) is 4.39 Å². The molecule has 1 heterocycles. The maximum atomic E-state index is 13.9. The summed E-state index contributed by atoms with van der Waals surface area (Å²) in [7, 11) is 0. The summed E-state index contributed by atoms with van der Waals surface area (Å²) in [6, 6.07) is 0.469. The van der Waals surface area contributed by atoms with Gasteiger partial charge in [0.2, 0.25) is 0 Å². The van der Waals surface area contributed by atoms with Crippen LogP contribution in [0.25, 0.3) is 0 Å². The van der Waals surface area contributed by atoms with Crippen molar-refractivity contribution in [2.75, 3.05) is 6.54 Å². The molecule has 0 aliphatic carbocycles. The van der Waals surface area contributed by atoms with Crippen molar-refractivity contribution in [3.8, 4) is 12.3 Å². The van der Waals surface area contributed by atoms with Gasteiger partial charge in [0, 0.05) is 19.0 Å². The number of hydrogen-bond donors (Lipinski definition) is 1. The highest BCUT2D eigenvalue weighted by molar-refractivity contribution is 4.91. The number of nitrogens with one attached hydrogen (secondary N) is 1. The van der Waals surface area contributed by atoms with Gasteiger partial charge in [0.05, 0.1) is 0 Å². The second kappa shape index (κ2) is 4.62. The van der Waals surface area contributed by atoms with Crippen LogP contribution in [0.2, 0.25) is 0 Å². The number of rotatable bonds is 3. The zero-order valence-electron chi connectivity index (χ0n) is 8.28. The smallest absolute Gasteiger partial charge is 0.123 e. The molecule has 1 aliphatic rings. The zero-order chi connectivity index (χ0) is 9.73. The molecular weight excluding hydrogens is 165 g/mol. The van der Waals surface area contributed by atoms with Crippen molar-refractivity contribution in [2.24, 2.45) is 0 Å². The van der Waals surface area contributed by atoms with Gasteiger partial charge in [-0.1, -0.05) is 0 Å². The fourth-order valence-corrected chi connectivity index (χ4v) is 1.74. The third-order valence-corrected chi connectivity index (χ3v) is 2.74. The van der Waals surface area contributed by atoms with Gasteiger partial charge in [0.1, 0.15) is 5.67 Å². The number of terminal acetylenes is 1. The summed E-state index contributed by atoms with van der Waals surface area (Å²) < 4.78 is 13.9. The summed E-state index contributed by atoms with van der Waals surface area (Å²) in [6.45, 7) is 2.60. The Hall–Kier alpha value is -0.550. The molecule has 0 amide bonds. The molecule has 1 saturated heterocycles. The lowest BCUT2D eigenvalue weighted by Gasteiger charge is -2.33. The van der Waals surface area contributed by atoms with Crippen molar-refractivity contribution in [3.05, 3.63) is 0 Å². The van der Waals surface area contributed by atoms with Crippen LogP contribution in [0.15, 0.2) is 0 Å². The molecule has 1 rings (SSSR count). The molecule has 0 spiro atoms. The number of unbranched alkanes of at least 4 members (excludes halogenated alkanes) is 1. The van der Waals surface area contributed by atoms with Crippen molar-refractivity contribution in [1.82, 2.24) is 5.32 Å². The lowest BCUT2D eigenvalue weighted by molar-refractivity contribution is 0.0952. The molecule has 74 valence electrons. The first kappa shape index (κ1) is 10.5. The normalized spacial score (nSPS) is 34.1. The van der Waals surface area contributed by atoms with Gasteiger partial charge in [-0.15, -0.1) is 12.3 Å². The molecule has 2 unspecified atom stereocenters. The maximum absolute atomic E-state index is 13.9. The van der Waals surface area contributed by atoms with Gasteiger partial charge < -0.3 is 5.32 Å². The van der Waals surface area contributed by atoms with Gasteiger partial charge in [-0.3, -0.25) is 0 Å². The topological polar surface area (TPSA) is 12.0 Å². The highest BCUT2D eigenvalue weighted by atomic mass is 19.1. The molecule has 2 atom stereocenters. The summed E-state index contributed by atoms with van der Waals surface area (Å²) in [5.41, 5.74) is -0.997. The number of hydrogen-bond acceptors (Lipinski definition) is 1. The van der Waals surface area contributed by atoms with Crippen LogP contribution < -0.4 is 5.32 Å². The van der Waals surface area contributed by atoms with E-state index in [9.17, 15) is 4.39 Å². The average Bonchev–Trinajstić information content (AvgIpc) is 2.12. The molecule has 0 saturated carbocycles. The molecule has 2 heteroatoms. The molecule has 0 aromatic rings. The minimum absolute atomic E-state index is 0.469. The molecule has 1 aliphatic heterocycles. The Morgan fingerprint density at radius 3 is 3.00 bits per heavy atom. The fourth-order valence-electron chi connectivity index (χ4n) is 1.74. The minimum Gasteiger partial charge on any atom is -0.311 e. The van der Waals surface area contributed by atoms with Crippen molar-refractivity contribution < 1.29 is 4.39 Å². The molecule has 13 heavy (non-hydrogen) atoms. The Bertz CT molecular complexity index is 187. The molecular formula is C11H18FN. The van der Waals surface area contributed by atoms with Crippen LogP contribution in [0.5, 0.6) is 0 Å². The predicted molar refractivity (Wildman–Crippen MR) is 53.2 cm³/mol. The lowest BCUT2D eigenvalue weighted by atomic mass is 9.88. The van der Waals surface area contributed by atoms with E-state index in [2.05, 4.69) is 18.2 Å². The number of piperidine rings is 1. The van der Waals surface area contributed by atoms with E-state index >= 15 is 0 Å². The zero-order valence-corrected chi connectivity index (χ0v) is 8.28. The quantitative estimate of drug-likeness (QED) is 0.523. The monoisotopic (exact) mass is 183 g/mol. The number of halogens is 1. The molecule has 1 fully saturated rings. The summed E-state index contributed by atoms with van der Waals surface area (Å²) in [5, 5.41) is 3.17. The van der Waals surface area contributed by atoms with Crippen molar-refractivity contribution >= 4 is 0 Å².